The first kappa shape index (κ1) is 12.3. The summed E-state index contributed by atoms with van der Waals surface area (Å²) in [5.41, 5.74) is 1.06. The highest BCUT2D eigenvalue weighted by Gasteiger charge is 2.27. The minimum atomic E-state index is -0.676. The Morgan fingerprint density at radius 3 is 2.81 bits per heavy atom. The van der Waals surface area contributed by atoms with E-state index in [1.807, 2.05) is 24.5 Å². The molecule has 1 saturated carbocycles. The van der Waals surface area contributed by atoms with Crippen molar-refractivity contribution in [2.75, 3.05) is 6.26 Å². The quantitative estimate of drug-likeness (QED) is 0.703. The maximum Gasteiger partial charge on any atom is 0.107 e. The second-order valence-corrected chi connectivity index (χ2v) is 5.64. The number of thioether (sulfide) groups is 1. The van der Waals surface area contributed by atoms with Gasteiger partial charge in [0.1, 0.15) is 6.17 Å². The third-order valence-corrected chi connectivity index (χ3v) is 4.53. The standard InChI is InChI=1S/C13H16ClFS/c1-16-13-8-9(5-6-11(13)14)7-12(15)10-3-2-4-10/h5-6,8,10,12H,2-4,7H2,1H3. The summed E-state index contributed by atoms with van der Waals surface area (Å²) < 4.78 is 13.8. The van der Waals surface area contributed by atoms with Crippen LogP contribution in [0.1, 0.15) is 24.8 Å². The van der Waals surface area contributed by atoms with Crippen LogP contribution in [0.25, 0.3) is 0 Å². The van der Waals surface area contributed by atoms with Crippen molar-refractivity contribution in [3.63, 3.8) is 0 Å². The van der Waals surface area contributed by atoms with Crippen molar-refractivity contribution < 1.29 is 4.39 Å². The molecular weight excluding hydrogens is 243 g/mol. The molecule has 16 heavy (non-hydrogen) atoms. The first-order valence-corrected chi connectivity index (χ1v) is 7.27. The Morgan fingerprint density at radius 1 is 1.50 bits per heavy atom. The molecule has 0 N–H and O–H groups in total. The van der Waals surface area contributed by atoms with Gasteiger partial charge in [-0.15, -0.1) is 11.8 Å². The molecule has 3 heteroatoms. The summed E-state index contributed by atoms with van der Waals surface area (Å²) in [6.45, 7) is 0. The maximum absolute atomic E-state index is 13.8. The fraction of sp³-hybridized carbons (Fsp3) is 0.538. The average Bonchev–Trinajstić information content (AvgIpc) is 2.18. The van der Waals surface area contributed by atoms with Crippen LogP contribution in [0.3, 0.4) is 0 Å². The zero-order chi connectivity index (χ0) is 11.5. The summed E-state index contributed by atoms with van der Waals surface area (Å²) in [5.74, 6) is 0.299. The first-order valence-electron chi connectivity index (χ1n) is 5.67. The summed E-state index contributed by atoms with van der Waals surface area (Å²) in [6, 6.07) is 5.82. The number of hydrogen-bond donors (Lipinski definition) is 0. The molecule has 1 atom stereocenters. The van der Waals surface area contributed by atoms with E-state index in [0.29, 0.717) is 12.3 Å². The summed E-state index contributed by atoms with van der Waals surface area (Å²) in [6.07, 6.45) is 5.17. The normalized spacial score (nSPS) is 18.2. The first-order chi connectivity index (χ1) is 7.70. The number of benzene rings is 1. The highest BCUT2D eigenvalue weighted by atomic mass is 35.5. The molecule has 1 fully saturated rings. The van der Waals surface area contributed by atoms with E-state index in [9.17, 15) is 4.39 Å². The fourth-order valence-corrected chi connectivity index (χ4v) is 2.91. The monoisotopic (exact) mass is 258 g/mol. The Bertz CT molecular complexity index is 363. The average molecular weight is 259 g/mol. The van der Waals surface area contributed by atoms with Gasteiger partial charge in [-0.2, -0.15) is 0 Å². The van der Waals surface area contributed by atoms with Crippen LogP contribution in [-0.4, -0.2) is 12.4 Å². The lowest BCUT2D eigenvalue weighted by Crippen LogP contribution is -2.24. The topological polar surface area (TPSA) is 0 Å². The molecule has 0 saturated heterocycles. The van der Waals surface area contributed by atoms with E-state index >= 15 is 0 Å². The lowest BCUT2D eigenvalue weighted by atomic mass is 9.80. The van der Waals surface area contributed by atoms with Crippen molar-refractivity contribution >= 4 is 23.4 Å². The summed E-state index contributed by atoms with van der Waals surface area (Å²) in [4.78, 5) is 1.04. The molecule has 0 aliphatic heterocycles. The van der Waals surface area contributed by atoms with Crippen LogP contribution < -0.4 is 0 Å². The molecule has 1 aliphatic carbocycles. The summed E-state index contributed by atoms with van der Waals surface area (Å²) in [7, 11) is 0. The van der Waals surface area contributed by atoms with E-state index in [2.05, 4.69) is 0 Å². The Hall–Kier alpha value is -0.210. The zero-order valence-corrected chi connectivity index (χ0v) is 11.0. The Labute approximate surface area is 106 Å². The predicted octanol–water partition coefficient (Wildman–Crippen LogP) is 4.74. The molecule has 0 spiro atoms. The molecule has 0 nitrogen and oxygen atoms in total. The van der Waals surface area contributed by atoms with E-state index in [1.165, 1.54) is 6.42 Å². The van der Waals surface area contributed by atoms with Gasteiger partial charge in [-0.1, -0.05) is 24.1 Å². The molecule has 1 unspecified atom stereocenters. The van der Waals surface area contributed by atoms with Crippen molar-refractivity contribution in [1.29, 1.82) is 0 Å². The van der Waals surface area contributed by atoms with Crippen molar-refractivity contribution in [3.05, 3.63) is 28.8 Å². The number of hydrogen-bond acceptors (Lipinski definition) is 1. The lowest BCUT2D eigenvalue weighted by Gasteiger charge is -2.28. The van der Waals surface area contributed by atoms with Crippen molar-refractivity contribution in [1.82, 2.24) is 0 Å². The van der Waals surface area contributed by atoms with Crippen LogP contribution in [0.5, 0.6) is 0 Å². The molecule has 1 aliphatic rings. The molecule has 88 valence electrons. The van der Waals surface area contributed by atoms with Gasteiger partial charge >= 0.3 is 0 Å². The smallest absolute Gasteiger partial charge is 0.107 e. The van der Waals surface area contributed by atoms with Gasteiger partial charge in [0.2, 0.25) is 0 Å². The van der Waals surface area contributed by atoms with Gasteiger partial charge in [0.25, 0.3) is 0 Å². The molecule has 1 aromatic carbocycles. The third kappa shape index (κ3) is 2.72. The third-order valence-electron chi connectivity index (χ3n) is 3.31. The molecular formula is C13H16ClFS. The summed E-state index contributed by atoms with van der Waals surface area (Å²) >= 11 is 7.63. The largest absolute Gasteiger partial charge is 0.247 e. The number of halogens is 2. The highest BCUT2D eigenvalue weighted by molar-refractivity contribution is 7.98. The van der Waals surface area contributed by atoms with E-state index < -0.39 is 6.17 Å². The van der Waals surface area contributed by atoms with E-state index in [4.69, 9.17) is 11.6 Å². The van der Waals surface area contributed by atoms with Crippen LogP contribution in [0.4, 0.5) is 4.39 Å². The van der Waals surface area contributed by atoms with Crippen LogP contribution in [0.2, 0.25) is 5.02 Å². The molecule has 0 radical (unpaired) electrons. The molecule has 2 rings (SSSR count). The van der Waals surface area contributed by atoms with E-state index in [0.717, 1.165) is 28.3 Å². The van der Waals surface area contributed by atoms with Crippen molar-refractivity contribution in [3.8, 4) is 0 Å². The van der Waals surface area contributed by atoms with Crippen LogP contribution in [0, 0.1) is 5.92 Å². The molecule has 0 bridgehead atoms. The van der Waals surface area contributed by atoms with Crippen LogP contribution in [-0.2, 0) is 6.42 Å². The zero-order valence-electron chi connectivity index (χ0n) is 9.38. The van der Waals surface area contributed by atoms with Crippen LogP contribution >= 0.6 is 23.4 Å². The minimum absolute atomic E-state index is 0.299. The van der Waals surface area contributed by atoms with Crippen LogP contribution in [0.15, 0.2) is 23.1 Å². The van der Waals surface area contributed by atoms with Crippen molar-refractivity contribution in [2.24, 2.45) is 5.92 Å². The van der Waals surface area contributed by atoms with Gasteiger partial charge in [0, 0.05) is 11.3 Å². The predicted molar refractivity (Wildman–Crippen MR) is 69.2 cm³/mol. The van der Waals surface area contributed by atoms with Gasteiger partial charge in [0.15, 0.2) is 0 Å². The van der Waals surface area contributed by atoms with Crippen molar-refractivity contribution in [2.45, 2.75) is 36.8 Å². The maximum atomic E-state index is 13.8. The molecule has 0 aromatic heterocycles. The fourth-order valence-electron chi connectivity index (χ4n) is 2.02. The highest BCUT2D eigenvalue weighted by Crippen LogP contribution is 2.34. The Morgan fingerprint density at radius 2 is 2.25 bits per heavy atom. The Balaban J connectivity index is 2.03. The lowest BCUT2D eigenvalue weighted by molar-refractivity contribution is 0.148. The van der Waals surface area contributed by atoms with E-state index in [1.54, 1.807) is 11.8 Å². The van der Waals surface area contributed by atoms with Gasteiger partial charge < -0.3 is 0 Å². The Kier molecular flexibility index (Phi) is 4.15. The molecule has 0 amide bonds. The summed E-state index contributed by atoms with van der Waals surface area (Å²) in [5, 5.41) is 0.760. The van der Waals surface area contributed by atoms with Gasteiger partial charge in [-0.25, -0.2) is 4.39 Å². The van der Waals surface area contributed by atoms with Gasteiger partial charge in [-0.05, 0) is 42.7 Å². The minimum Gasteiger partial charge on any atom is -0.247 e. The second-order valence-electron chi connectivity index (χ2n) is 4.38. The van der Waals surface area contributed by atoms with Gasteiger partial charge in [-0.3, -0.25) is 0 Å². The van der Waals surface area contributed by atoms with Gasteiger partial charge in [0.05, 0.1) is 5.02 Å². The number of alkyl halides is 1. The molecule has 1 aromatic rings. The molecule has 0 heterocycles. The SMILES string of the molecule is CSc1cc(CC(F)C2CCC2)ccc1Cl. The number of rotatable bonds is 4. The van der Waals surface area contributed by atoms with E-state index in [-0.39, 0.29) is 0 Å². The second kappa shape index (κ2) is 5.42.